The molecule has 0 aliphatic heterocycles. The Morgan fingerprint density at radius 3 is 1.78 bits per heavy atom. The summed E-state index contributed by atoms with van der Waals surface area (Å²) in [6, 6.07) is 29.1. The van der Waals surface area contributed by atoms with Gasteiger partial charge in [0, 0.05) is 11.6 Å². The van der Waals surface area contributed by atoms with Gasteiger partial charge in [0.2, 0.25) is 0 Å². The zero-order valence-electron chi connectivity index (χ0n) is 12.6. The molecule has 0 bridgehead atoms. The zero-order valence-corrected chi connectivity index (χ0v) is 13.6. The van der Waals surface area contributed by atoms with E-state index in [0.717, 1.165) is 19.5 Å². The van der Waals surface area contributed by atoms with Crippen molar-refractivity contribution < 1.29 is 0 Å². The average molecular weight is 316 g/mol. The van der Waals surface area contributed by atoms with Crippen molar-refractivity contribution in [2.45, 2.75) is 0 Å². The third kappa shape index (κ3) is 4.70. The van der Waals surface area contributed by atoms with Crippen LogP contribution in [0.1, 0.15) is 0 Å². The third-order valence-corrected chi connectivity index (χ3v) is 4.49. The summed E-state index contributed by atoms with van der Waals surface area (Å²) in [6.45, 7) is 0. The van der Waals surface area contributed by atoms with Crippen LogP contribution in [0.25, 0.3) is 10.9 Å². The Morgan fingerprint density at radius 2 is 1.17 bits per heavy atom. The van der Waals surface area contributed by atoms with Crippen LogP contribution in [0.5, 0.6) is 0 Å². The summed E-state index contributed by atoms with van der Waals surface area (Å²) in [7, 11) is 0.777. The van der Waals surface area contributed by atoms with E-state index in [2.05, 4.69) is 70.6 Å². The smallest absolute Gasteiger partial charge is 0.116 e. The molecule has 112 valence electrons. The molecule has 0 atom stereocenters. The Morgan fingerprint density at radius 1 is 0.609 bits per heavy atom. The minimum Gasteiger partial charge on any atom is -0.244 e. The predicted octanol–water partition coefficient (Wildman–Crippen LogP) is 3.95. The second-order valence-electron chi connectivity index (χ2n) is 4.94. The molecule has 0 unspecified atom stereocenters. The molecule has 1 heterocycles. The summed E-state index contributed by atoms with van der Waals surface area (Å²) in [6.07, 6.45) is 3.37. The molecule has 0 aliphatic carbocycles. The number of fused-ring (bicyclic) bond motifs is 1. The van der Waals surface area contributed by atoms with Crippen LogP contribution in [0.2, 0.25) is 0 Å². The van der Waals surface area contributed by atoms with Gasteiger partial charge in [-0.25, -0.2) is 9.97 Å². The predicted molar refractivity (Wildman–Crippen MR) is 100 cm³/mol. The number of rotatable bonds is 2. The fraction of sp³-hybridized carbons (Fsp3) is 0. The molecule has 3 heteroatoms. The Bertz CT molecular complexity index is 746. The fourth-order valence-electron chi connectivity index (χ4n) is 2.13. The van der Waals surface area contributed by atoms with Gasteiger partial charge < -0.3 is 0 Å². The van der Waals surface area contributed by atoms with Gasteiger partial charge in [0.25, 0.3) is 0 Å². The minimum absolute atomic E-state index is 0.777. The molecule has 1 aromatic heterocycles. The van der Waals surface area contributed by atoms with Crippen LogP contribution in [0.15, 0.2) is 97.5 Å². The maximum atomic E-state index is 4.07. The number of hydrogen-bond donors (Lipinski definition) is 0. The van der Waals surface area contributed by atoms with Gasteiger partial charge in [0.05, 0.1) is 5.52 Å². The van der Waals surface area contributed by atoms with Crippen LogP contribution in [0.3, 0.4) is 0 Å². The Balaban J connectivity index is 0.000000140. The SMILES string of the molecule is c1ccc(Pc2ccccc2)cc1.c1ccc2ncncc2c1. The van der Waals surface area contributed by atoms with Crippen molar-refractivity contribution in [2.75, 3.05) is 0 Å². The van der Waals surface area contributed by atoms with Gasteiger partial charge >= 0.3 is 0 Å². The molecule has 0 N–H and O–H groups in total. The van der Waals surface area contributed by atoms with E-state index in [-0.39, 0.29) is 0 Å². The number of hydrogen-bond acceptors (Lipinski definition) is 2. The minimum atomic E-state index is 0.777. The van der Waals surface area contributed by atoms with E-state index in [0.29, 0.717) is 0 Å². The van der Waals surface area contributed by atoms with Crippen LogP contribution >= 0.6 is 8.58 Å². The van der Waals surface area contributed by atoms with Crippen molar-refractivity contribution in [3.8, 4) is 0 Å². The van der Waals surface area contributed by atoms with E-state index in [1.807, 2.05) is 30.5 Å². The van der Waals surface area contributed by atoms with Crippen molar-refractivity contribution in [1.82, 2.24) is 9.97 Å². The highest BCUT2D eigenvalue weighted by Gasteiger charge is 1.92. The molecule has 0 saturated heterocycles. The summed E-state index contributed by atoms with van der Waals surface area (Å²) >= 11 is 0. The quantitative estimate of drug-likeness (QED) is 0.523. The van der Waals surface area contributed by atoms with E-state index < -0.39 is 0 Å². The van der Waals surface area contributed by atoms with E-state index in [9.17, 15) is 0 Å². The number of aromatic nitrogens is 2. The van der Waals surface area contributed by atoms with Gasteiger partial charge in [-0.05, 0) is 16.7 Å². The zero-order chi connectivity index (χ0) is 15.7. The largest absolute Gasteiger partial charge is 0.244 e. The lowest BCUT2D eigenvalue weighted by atomic mass is 10.2. The lowest BCUT2D eigenvalue weighted by Crippen LogP contribution is -2.01. The standard InChI is InChI=1S/C12H11P.C8H6N2/c1-3-7-11(8-4-1)13-12-9-5-2-6-10-12;1-2-4-8-7(3-1)5-9-6-10-8/h1-10,13H;1-6H. The van der Waals surface area contributed by atoms with Crippen molar-refractivity contribution in [1.29, 1.82) is 0 Å². The second kappa shape index (κ2) is 8.17. The summed E-state index contributed by atoms with van der Waals surface area (Å²) in [5.74, 6) is 0. The first-order chi connectivity index (χ1) is 11.4. The fourth-order valence-corrected chi connectivity index (χ4v) is 3.18. The first kappa shape index (κ1) is 15.3. The van der Waals surface area contributed by atoms with Crippen LogP contribution < -0.4 is 10.6 Å². The van der Waals surface area contributed by atoms with E-state index in [4.69, 9.17) is 0 Å². The highest BCUT2D eigenvalue weighted by Crippen LogP contribution is 2.09. The van der Waals surface area contributed by atoms with Gasteiger partial charge in [-0.1, -0.05) is 87.4 Å². The van der Waals surface area contributed by atoms with Crippen LogP contribution in [-0.2, 0) is 0 Å². The van der Waals surface area contributed by atoms with Gasteiger partial charge in [-0.2, -0.15) is 0 Å². The molecule has 23 heavy (non-hydrogen) atoms. The van der Waals surface area contributed by atoms with Gasteiger partial charge in [-0.3, -0.25) is 0 Å². The maximum absolute atomic E-state index is 4.07. The van der Waals surface area contributed by atoms with E-state index in [1.54, 1.807) is 6.33 Å². The molecule has 0 amide bonds. The average Bonchev–Trinajstić information content (AvgIpc) is 2.64. The highest BCUT2D eigenvalue weighted by molar-refractivity contribution is 7.55. The summed E-state index contributed by atoms with van der Waals surface area (Å²) in [4.78, 5) is 7.97. The molecule has 4 rings (SSSR count). The lowest BCUT2D eigenvalue weighted by molar-refractivity contribution is 1.22. The first-order valence-electron chi connectivity index (χ1n) is 7.44. The molecule has 0 spiro atoms. The molecule has 0 aliphatic rings. The third-order valence-electron chi connectivity index (χ3n) is 3.25. The van der Waals surface area contributed by atoms with E-state index in [1.165, 1.54) is 10.6 Å². The molecule has 4 aromatic rings. The normalized spacial score (nSPS) is 9.91. The molecular formula is C20H17N2P. The molecule has 3 aromatic carbocycles. The monoisotopic (exact) mass is 316 g/mol. The first-order valence-corrected chi connectivity index (χ1v) is 8.44. The van der Waals surface area contributed by atoms with Gasteiger partial charge in [-0.15, -0.1) is 0 Å². The topological polar surface area (TPSA) is 25.8 Å². The summed E-state index contributed by atoms with van der Waals surface area (Å²) < 4.78 is 0. The van der Waals surface area contributed by atoms with Crippen LogP contribution in [0.4, 0.5) is 0 Å². The highest BCUT2D eigenvalue weighted by atomic mass is 31.1. The molecule has 0 fully saturated rings. The Hall–Kier alpha value is -2.57. The second-order valence-corrected chi connectivity index (χ2v) is 6.34. The van der Waals surface area contributed by atoms with Crippen molar-refractivity contribution in [3.63, 3.8) is 0 Å². The van der Waals surface area contributed by atoms with Crippen LogP contribution in [0, 0.1) is 0 Å². The van der Waals surface area contributed by atoms with Crippen LogP contribution in [-0.4, -0.2) is 9.97 Å². The maximum Gasteiger partial charge on any atom is 0.116 e. The van der Waals surface area contributed by atoms with Gasteiger partial charge in [0.15, 0.2) is 0 Å². The Labute approximate surface area is 138 Å². The molecule has 0 saturated carbocycles. The van der Waals surface area contributed by atoms with Gasteiger partial charge in [0.1, 0.15) is 6.33 Å². The summed E-state index contributed by atoms with van der Waals surface area (Å²) in [5.41, 5.74) is 0.998. The molecule has 2 nitrogen and oxygen atoms in total. The number of para-hydroxylation sites is 1. The summed E-state index contributed by atoms with van der Waals surface area (Å²) in [5, 5.41) is 3.88. The van der Waals surface area contributed by atoms with E-state index >= 15 is 0 Å². The number of benzene rings is 3. The number of nitrogens with zero attached hydrogens (tertiary/aromatic N) is 2. The Kier molecular flexibility index (Phi) is 5.44. The molecular weight excluding hydrogens is 299 g/mol. The van der Waals surface area contributed by atoms with Crippen molar-refractivity contribution in [3.05, 3.63) is 97.5 Å². The van der Waals surface area contributed by atoms with Crippen molar-refractivity contribution in [2.24, 2.45) is 0 Å². The van der Waals surface area contributed by atoms with Crippen molar-refractivity contribution >= 4 is 30.1 Å². The lowest BCUT2D eigenvalue weighted by Gasteiger charge is -2.00. The molecule has 0 radical (unpaired) electrons.